The Kier molecular flexibility index (Phi) is 31.4. The van der Waals surface area contributed by atoms with E-state index in [2.05, 4.69) is 58.5 Å². The number of benzene rings is 1. The predicted molar refractivity (Wildman–Crippen MR) is 283 cm³/mol. The molecule has 0 aliphatic carbocycles. The number of phosphoric ester groups is 1. The number of hydrogen-bond donors (Lipinski definition) is 22. The summed E-state index contributed by atoms with van der Waals surface area (Å²) in [6, 6.07) is -7.99. The van der Waals surface area contributed by atoms with Crippen molar-refractivity contribution >= 4 is 78.8 Å². The number of nitrogens with two attached hydrogens (primary N) is 4. The molecule has 0 bridgehead atoms. The van der Waals surface area contributed by atoms with Crippen LogP contribution in [0.15, 0.2) is 24.3 Å². The zero-order valence-electron chi connectivity index (χ0n) is 44.7. The Hall–Kier alpha value is -7.75. The van der Waals surface area contributed by atoms with Crippen LogP contribution < -0.4 is 81.4 Å². The lowest BCUT2D eigenvalue weighted by Gasteiger charge is -2.30. The van der Waals surface area contributed by atoms with Crippen molar-refractivity contribution in [1.82, 2.24) is 58.5 Å². The molecule has 26 N–H and O–H groups in total. The zero-order valence-corrected chi connectivity index (χ0v) is 45.6. The quantitative estimate of drug-likeness (QED) is 0.0127. The molecule has 10 atom stereocenters. The van der Waals surface area contributed by atoms with E-state index in [1.54, 1.807) is 0 Å². The van der Waals surface area contributed by atoms with Crippen LogP contribution in [-0.4, -0.2) is 189 Å². The lowest BCUT2D eigenvalue weighted by molar-refractivity contribution is -0.137. The Bertz CT molecular complexity index is 2350. The largest absolute Gasteiger partial charge is 0.508 e. The van der Waals surface area contributed by atoms with E-state index in [9.17, 15) is 77.6 Å². The van der Waals surface area contributed by atoms with Gasteiger partial charge in [-0.05, 0) is 90.0 Å². The molecule has 0 saturated heterocycles. The Labute approximate surface area is 460 Å². The fraction of sp³-hybridized carbons (Fsp3) is 0.600. The molecule has 0 aromatic heterocycles. The van der Waals surface area contributed by atoms with Crippen molar-refractivity contribution in [1.29, 1.82) is 10.8 Å². The Morgan fingerprint density at radius 1 is 0.588 bits per heavy atom. The molecule has 0 fully saturated rings. The minimum absolute atomic E-state index is 0.00211. The van der Waals surface area contributed by atoms with E-state index in [-0.39, 0.29) is 76.3 Å². The van der Waals surface area contributed by atoms with Crippen LogP contribution in [0.4, 0.5) is 0 Å². The summed E-state index contributed by atoms with van der Waals surface area (Å²) in [6.07, 6.45) is -3.73. The maximum Gasteiger partial charge on any atom is 0.469 e. The molecular formula is C45H78N17O17P. The zero-order chi connectivity index (χ0) is 60.9. The number of nitrogens with one attached hydrogen (secondary N) is 13. The normalized spacial score (nSPS) is 14.9. The average molecular weight is 1160 g/mol. The second-order valence-corrected chi connectivity index (χ2v) is 19.4. The number of hydrogen-bond acceptors (Lipinski definition) is 18. The number of phenolic OH excluding ortho intramolecular Hbond substituents is 1. The summed E-state index contributed by atoms with van der Waals surface area (Å²) >= 11 is 0. The molecule has 10 amide bonds. The van der Waals surface area contributed by atoms with Crippen molar-refractivity contribution in [3.8, 4) is 5.75 Å². The molecule has 0 aliphatic rings. The summed E-state index contributed by atoms with van der Waals surface area (Å²) in [5, 5.41) is 71.6. The SMILES string of the molecule is CC(=O)N[C@@H](CCCNC(=N)N)C(=O)N[C@H](C(=O)N[C@@H](CCCCN)C(=O)N[C@@H](CO)C(=O)N[C@@H](CCCNC(=N)N)C(=O)N[C@H](C(=O)N[C@@H](Cc1ccc(O)cc1)C(=O)N[C@@H](C)C(=O)NCC(N)=O)[C@@H](C)OP(=O)(O)O)[C@@H](C)O. The van der Waals surface area contributed by atoms with Gasteiger partial charge >= 0.3 is 7.82 Å². The minimum Gasteiger partial charge on any atom is -0.508 e. The molecule has 1 rings (SSSR count). The number of amides is 10. The third-order valence-electron chi connectivity index (χ3n) is 11.3. The van der Waals surface area contributed by atoms with Gasteiger partial charge in [0.2, 0.25) is 59.1 Å². The molecule has 0 saturated carbocycles. The van der Waals surface area contributed by atoms with Crippen molar-refractivity contribution < 1.29 is 82.1 Å². The Morgan fingerprint density at radius 2 is 1.02 bits per heavy atom. The summed E-state index contributed by atoms with van der Waals surface area (Å²) in [7, 11) is -5.46. The van der Waals surface area contributed by atoms with E-state index >= 15 is 0 Å². The first kappa shape index (κ1) is 70.3. The standard InChI is InChI=1S/C45H78N17O17P/c1-22(36(68)54-20-33(47)67)55-40(72)31(19-26-12-14-27(66)15-13-26)59-43(75)35(24(3)79-80(76,77)78)62-39(71)30(11-8-18-53-45(50)51)57-41(73)32(21-63)60-37(69)29(9-5-6-16-46)58-42(74)34(23(2)64)61-38(70)28(56-25(4)65)10-7-17-52-44(48)49/h12-15,22-24,28-32,34-35,63-64,66H,5-11,16-21,46H2,1-4H3,(H2,47,67)(H,54,68)(H,55,72)(H,56,65)(H,57,73)(H,58,74)(H,59,75)(H,60,69)(H,61,70)(H,62,71)(H4,48,49,52)(H4,50,51,53)(H2,76,77,78)/t22-,23+,24+,28-,29-,30-,31-,32-,34-,35-/m0/s1. The minimum atomic E-state index is -5.46. The van der Waals surface area contributed by atoms with Gasteiger partial charge in [0, 0.05) is 26.4 Å². The first-order valence-electron chi connectivity index (χ1n) is 25.0. The molecular weight excluding hydrogens is 1080 g/mol. The molecule has 0 unspecified atom stereocenters. The Morgan fingerprint density at radius 3 is 1.50 bits per heavy atom. The highest BCUT2D eigenvalue weighted by Crippen LogP contribution is 2.38. The number of carbonyl (C=O) groups is 10. The second-order valence-electron chi connectivity index (χ2n) is 18.2. The lowest BCUT2D eigenvalue weighted by Crippen LogP contribution is -2.62. The number of aromatic hydroxyl groups is 1. The van der Waals surface area contributed by atoms with Crippen LogP contribution >= 0.6 is 7.82 Å². The molecule has 0 spiro atoms. The van der Waals surface area contributed by atoms with Crippen molar-refractivity contribution in [3.63, 3.8) is 0 Å². The van der Waals surface area contributed by atoms with Gasteiger partial charge in [-0.25, -0.2) is 4.57 Å². The van der Waals surface area contributed by atoms with Crippen molar-refractivity contribution in [3.05, 3.63) is 29.8 Å². The van der Waals surface area contributed by atoms with Gasteiger partial charge in [0.05, 0.1) is 25.4 Å². The van der Waals surface area contributed by atoms with Gasteiger partial charge in [-0.1, -0.05) is 12.1 Å². The van der Waals surface area contributed by atoms with Crippen molar-refractivity contribution in [2.75, 3.05) is 32.8 Å². The molecule has 1 aromatic rings. The lowest BCUT2D eigenvalue weighted by atomic mass is 10.0. The van der Waals surface area contributed by atoms with Crippen LogP contribution in [0.2, 0.25) is 0 Å². The number of guanidine groups is 2. The third kappa shape index (κ3) is 28.2. The van der Waals surface area contributed by atoms with E-state index in [1.807, 2.05) is 0 Å². The molecule has 1 aromatic carbocycles. The van der Waals surface area contributed by atoms with Crippen LogP contribution in [0, 0.1) is 10.8 Å². The summed E-state index contributed by atoms with van der Waals surface area (Å²) in [6.45, 7) is 2.97. The first-order valence-corrected chi connectivity index (χ1v) is 26.5. The molecule has 450 valence electrons. The molecule has 0 heterocycles. The molecule has 35 heteroatoms. The number of phenols is 1. The highest BCUT2D eigenvalue weighted by molar-refractivity contribution is 7.46. The highest BCUT2D eigenvalue weighted by atomic mass is 31.2. The summed E-state index contributed by atoms with van der Waals surface area (Å²) in [4.78, 5) is 152. The third-order valence-corrected chi connectivity index (χ3v) is 11.9. The van der Waals surface area contributed by atoms with Crippen molar-refractivity contribution in [2.24, 2.45) is 22.9 Å². The summed E-state index contributed by atoms with van der Waals surface area (Å²) in [5.74, 6) is -11.3. The van der Waals surface area contributed by atoms with Crippen LogP contribution in [-0.2, 0) is 63.5 Å². The fourth-order valence-electron chi connectivity index (χ4n) is 7.24. The molecule has 0 aliphatic heterocycles. The maximum atomic E-state index is 14.2. The van der Waals surface area contributed by atoms with Crippen LogP contribution in [0.25, 0.3) is 0 Å². The number of primary amides is 1. The Balaban J connectivity index is 3.61. The smallest absolute Gasteiger partial charge is 0.469 e. The average Bonchev–Trinajstić information content (AvgIpc) is 3.36. The van der Waals surface area contributed by atoms with Crippen LogP contribution in [0.1, 0.15) is 78.2 Å². The van der Waals surface area contributed by atoms with Crippen molar-refractivity contribution in [2.45, 2.75) is 140 Å². The number of rotatable bonds is 37. The van der Waals surface area contributed by atoms with E-state index in [4.69, 9.17) is 38.3 Å². The molecule has 80 heavy (non-hydrogen) atoms. The number of aliphatic hydroxyl groups excluding tert-OH is 2. The van der Waals surface area contributed by atoms with E-state index in [0.29, 0.717) is 12.0 Å². The number of carbonyl (C=O) groups excluding carboxylic acids is 10. The van der Waals surface area contributed by atoms with Gasteiger partial charge in [0.1, 0.15) is 54.1 Å². The van der Waals surface area contributed by atoms with Crippen LogP contribution in [0.3, 0.4) is 0 Å². The van der Waals surface area contributed by atoms with Gasteiger partial charge in [-0.2, -0.15) is 0 Å². The topological polar surface area (TPSA) is 582 Å². The maximum absolute atomic E-state index is 14.2. The second kappa shape index (κ2) is 35.7. The van der Waals surface area contributed by atoms with Crippen LogP contribution in [0.5, 0.6) is 5.75 Å². The first-order chi connectivity index (χ1) is 37.4. The van der Waals surface area contributed by atoms with E-state index in [0.717, 1.165) is 20.8 Å². The van der Waals surface area contributed by atoms with E-state index in [1.165, 1.54) is 31.2 Å². The van der Waals surface area contributed by atoms with Gasteiger partial charge < -0.3 is 107 Å². The van der Waals surface area contributed by atoms with Gasteiger partial charge in [-0.3, -0.25) is 63.3 Å². The van der Waals surface area contributed by atoms with Gasteiger partial charge in [0.25, 0.3) is 0 Å². The molecule has 0 radical (unpaired) electrons. The van der Waals surface area contributed by atoms with Gasteiger partial charge in [0.15, 0.2) is 11.9 Å². The fourth-order valence-corrected chi connectivity index (χ4v) is 7.79. The summed E-state index contributed by atoms with van der Waals surface area (Å²) in [5.41, 5.74) is 21.7. The highest BCUT2D eigenvalue weighted by Gasteiger charge is 2.38. The monoisotopic (exact) mass is 1160 g/mol. The number of unbranched alkanes of at least 4 members (excludes halogenated alkanes) is 1. The van der Waals surface area contributed by atoms with E-state index < -0.39 is 147 Å². The summed E-state index contributed by atoms with van der Waals surface area (Å²) < 4.78 is 16.8. The predicted octanol–water partition coefficient (Wildman–Crippen LogP) is -8.02. The number of aliphatic hydroxyl groups is 2. The van der Waals surface area contributed by atoms with Gasteiger partial charge in [-0.15, -0.1) is 0 Å². The number of phosphoric acid groups is 1. The molecule has 34 nitrogen and oxygen atoms in total.